The van der Waals surface area contributed by atoms with E-state index in [0.717, 1.165) is 61.9 Å². The predicted octanol–water partition coefficient (Wildman–Crippen LogP) is 6.59. The second-order valence-electron chi connectivity index (χ2n) is 11.6. The molecule has 184 valence electrons. The summed E-state index contributed by atoms with van der Waals surface area (Å²) in [5.74, 6) is 1.45. The van der Waals surface area contributed by atoms with E-state index in [0.29, 0.717) is 17.8 Å². The average Bonchev–Trinajstić information content (AvgIpc) is 3.29. The Balaban J connectivity index is 1.27. The summed E-state index contributed by atoms with van der Waals surface area (Å²) in [6, 6.07) is 21.3. The molecule has 0 N–H and O–H groups in total. The van der Waals surface area contributed by atoms with Gasteiger partial charge < -0.3 is 9.80 Å². The standard InChI is InChI=1S/C31H37FN2O/c1-31(2,3)29-21-34(30(35)28-10-6-8-24-7-4-5-9-27(24)28)20-25(29)19-33-17-15-23(16-18-33)22-11-13-26(32)14-12-22/h4-14,23,25,29H,15-21H2,1-3H3/t25?,29-/m1/s1. The van der Waals surface area contributed by atoms with Gasteiger partial charge in [-0.3, -0.25) is 4.79 Å². The Kier molecular flexibility index (Phi) is 6.67. The summed E-state index contributed by atoms with van der Waals surface area (Å²) in [6.07, 6.45) is 2.22. The molecule has 1 amide bonds. The molecule has 0 aromatic heterocycles. The summed E-state index contributed by atoms with van der Waals surface area (Å²) in [5.41, 5.74) is 2.22. The van der Waals surface area contributed by atoms with Gasteiger partial charge in [-0.1, -0.05) is 69.3 Å². The molecule has 3 aromatic carbocycles. The van der Waals surface area contributed by atoms with Crippen molar-refractivity contribution >= 4 is 16.7 Å². The Bertz CT molecular complexity index is 1170. The Labute approximate surface area is 208 Å². The Morgan fingerprint density at radius 1 is 0.914 bits per heavy atom. The van der Waals surface area contributed by atoms with Gasteiger partial charge >= 0.3 is 0 Å². The third-order valence-corrected chi connectivity index (χ3v) is 8.28. The quantitative estimate of drug-likeness (QED) is 0.427. The summed E-state index contributed by atoms with van der Waals surface area (Å²) < 4.78 is 13.3. The number of halogens is 1. The maximum Gasteiger partial charge on any atom is 0.254 e. The molecule has 4 heteroatoms. The Morgan fingerprint density at radius 2 is 1.60 bits per heavy atom. The van der Waals surface area contributed by atoms with Gasteiger partial charge in [0.15, 0.2) is 0 Å². The SMILES string of the molecule is CC(C)(C)[C@@H]1CN(C(=O)c2cccc3ccccc23)CC1CN1CCC(c2ccc(F)cc2)CC1. The summed E-state index contributed by atoms with van der Waals surface area (Å²) in [6.45, 7) is 11.8. The number of hydrogen-bond acceptors (Lipinski definition) is 2. The van der Waals surface area contributed by atoms with Crippen LogP contribution in [0.5, 0.6) is 0 Å². The molecule has 35 heavy (non-hydrogen) atoms. The largest absolute Gasteiger partial charge is 0.338 e. The summed E-state index contributed by atoms with van der Waals surface area (Å²) in [4.78, 5) is 18.4. The maximum absolute atomic E-state index is 13.7. The molecule has 2 aliphatic rings. The highest BCUT2D eigenvalue weighted by Gasteiger charge is 2.42. The van der Waals surface area contributed by atoms with Crippen LogP contribution in [0.25, 0.3) is 10.8 Å². The van der Waals surface area contributed by atoms with Crippen LogP contribution in [0, 0.1) is 23.1 Å². The number of rotatable bonds is 4. The van der Waals surface area contributed by atoms with Crippen molar-refractivity contribution < 1.29 is 9.18 Å². The molecule has 0 bridgehead atoms. The fraction of sp³-hybridized carbons (Fsp3) is 0.452. The van der Waals surface area contributed by atoms with Crippen LogP contribution in [-0.2, 0) is 0 Å². The third-order valence-electron chi connectivity index (χ3n) is 8.28. The zero-order valence-corrected chi connectivity index (χ0v) is 21.2. The van der Waals surface area contributed by atoms with Crippen LogP contribution in [0.4, 0.5) is 4.39 Å². The zero-order chi connectivity index (χ0) is 24.6. The average molecular weight is 473 g/mol. The van der Waals surface area contributed by atoms with Gasteiger partial charge in [-0.25, -0.2) is 4.39 Å². The van der Waals surface area contributed by atoms with E-state index in [-0.39, 0.29) is 17.1 Å². The van der Waals surface area contributed by atoms with Crippen LogP contribution in [0.2, 0.25) is 0 Å². The fourth-order valence-corrected chi connectivity index (χ4v) is 6.30. The van der Waals surface area contributed by atoms with E-state index >= 15 is 0 Å². The molecule has 0 saturated carbocycles. The highest BCUT2D eigenvalue weighted by Crippen LogP contribution is 2.40. The van der Waals surface area contributed by atoms with E-state index in [2.05, 4.69) is 48.8 Å². The number of carbonyl (C=O) groups is 1. The summed E-state index contributed by atoms with van der Waals surface area (Å²) in [5, 5.41) is 2.16. The van der Waals surface area contributed by atoms with Crippen molar-refractivity contribution in [3.05, 3.63) is 83.7 Å². The Hall–Kier alpha value is -2.72. The normalized spacial score (nSPS) is 22.1. The molecule has 2 aliphatic heterocycles. The second kappa shape index (κ2) is 9.73. The van der Waals surface area contributed by atoms with E-state index in [4.69, 9.17) is 0 Å². The molecule has 3 aromatic rings. The molecule has 2 atom stereocenters. The van der Waals surface area contributed by atoms with Gasteiger partial charge in [0.05, 0.1) is 0 Å². The lowest BCUT2D eigenvalue weighted by molar-refractivity contribution is 0.0777. The highest BCUT2D eigenvalue weighted by atomic mass is 19.1. The van der Waals surface area contributed by atoms with Gasteiger partial charge in [0.25, 0.3) is 5.91 Å². The molecule has 0 radical (unpaired) electrons. The number of piperidine rings is 1. The number of nitrogens with zero attached hydrogens (tertiary/aromatic N) is 2. The summed E-state index contributed by atoms with van der Waals surface area (Å²) in [7, 11) is 0. The molecule has 2 heterocycles. The van der Waals surface area contributed by atoms with Gasteiger partial charge in [-0.2, -0.15) is 0 Å². The van der Waals surface area contributed by atoms with Gasteiger partial charge in [-0.05, 0) is 83.6 Å². The van der Waals surface area contributed by atoms with Crippen LogP contribution >= 0.6 is 0 Å². The highest BCUT2D eigenvalue weighted by molar-refractivity contribution is 6.07. The topological polar surface area (TPSA) is 23.6 Å². The van der Waals surface area contributed by atoms with E-state index in [1.165, 1.54) is 5.56 Å². The second-order valence-corrected chi connectivity index (χ2v) is 11.6. The Morgan fingerprint density at radius 3 is 2.31 bits per heavy atom. The smallest absolute Gasteiger partial charge is 0.254 e. The van der Waals surface area contributed by atoms with Crippen molar-refractivity contribution in [1.29, 1.82) is 0 Å². The summed E-state index contributed by atoms with van der Waals surface area (Å²) >= 11 is 0. The number of amides is 1. The predicted molar refractivity (Wildman–Crippen MR) is 141 cm³/mol. The van der Waals surface area contributed by atoms with E-state index in [1.54, 1.807) is 12.1 Å². The fourth-order valence-electron chi connectivity index (χ4n) is 6.30. The third kappa shape index (κ3) is 5.13. The van der Waals surface area contributed by atoms with Gasteiger partial charge in [0, 0.05) is 25.2 Å². The monoisotopic (exact) mass is 472 g/mol. The first-order valence-electron chi connectivity index (χ1n) is 13.0. The number of carbonyl (C=O) groups excluding carboxylic acids is 1. The zero-order valence-electron chi connectivity index (χ0n) is 21.2. The van der Waals surface area contributed by atoms with Crippen molar-refractivity contribution in [3.63, 3.8) is 0 Å². The van der Waals surface area contributed by atoms with E-state index in [1.807, 2.05) is 36.4 Å². The minimum absolute atomic E-state index is 0.144. The molecular formula is C31H37FN2O. The van der Waals surface area contributed by atoms with Crippen LogP contribution in [0.3, 0.4) is 0 Å². The van der Waals surface area contributed by atoms with Crippen molar-refractivity contribution in [2.45, 2.75) is 39.5 Å². The molecule has 0 spiro atoms. The molecule has 3 nitrogen and oxygen atoms in total. The first-order chi connectivity index (χ1) is 16.8. The van der Waals surface area contributed by atoms with Crippen molar-refractivity contribution in [2.75, 3.05) is 32.7 Å². The molecular weight excluding hydrogens is 435 g/mol. The van der Waals surface area contributed by atoms with Crippen LogP contribution in [0.1, 0.15) is 55.5 Å². The molecule has 0 aliphatic carbocycles. The number of fused-ring (bicyclic) bond motifs is 1. The lowest BCUT2D eigenvalue weighted by atomic mass is 9.74. The number of likely N-dealkylation sites (tertiary alicyclic amines) is 2. The van der Waals surface area contributed by atoms with Gasteiger partial charge in [-0.15, -0.1) is 0 Å². The lowest BCUT2D eigenvalue weighted by Crippen LogP contribution is -2.40. The van der Waals surface area contributed by atoms with Gasteiger partial charge in [0.2, 0.25) is 0 Å². The first kappa shape index (κ1) is 24.0. The molecule has 2 saturated heterocycles. The van der Waals surface area contributed by atoms with Crippen LogP contribution in [0.15, 0.2) is 66.7 Å². The van der Waals surface area contributed by atoms with Gasteiger partial charge in [0.1, 0.15) is 5.82 Å². The lowest BCUT2D eigenvalue weighted by Gasteiger charge is -2.37. The first-order valence-corrected chi connectivity index (χ1v) is 13.0. The minimum Gasteiger partial charge on any atom is -0.338 e. The maximum atomic E-state index is 13.7. The number of hydrogen-bond donors (Lipinski definition) is 0. The van der Waals surface area contributed by atoms with E-state index < -0.39 is 0 Å². The van der Waals surface area contributed by atoms with Crippen molar-refractivity contribution in [3.8, 4) is 0 Å². The van der Waals surface area contributed by atoms with Crippen LogP contribution in [-0.4, -0.2) is 48.4 Å². The van der Waals surface area contributed by atoms with Crippen LogP contribution < -0.4 is 0 Å². The van der Waals surface area contributed by atoms with Crippen molar-refractivity contribution in [2.24, 2.45) is 17.3 Å². The number of benzene rings is 3. The van der Waals surface area contributed by atoms with E-state index in [9.17, 15) is 9.18 Å². The molecule has 5 rings (SSSR count). The minimum atomic E-state index is -0.164. The molecule has 1 unspecified atom stereocenters. The molecule has 2 fully saturated rings. The van der Waals surface area contributed by atoms with Crippen molar-refractivity contribution in [1.82, 2.24) is 9.80 Å².